The molecule has 3 nitrogen and oxygen atoms in total. The smallest absolute Gasteiger partial charge is 0.384 e. The van der Waals surface area contributed by atoms with Crippen molar-refractivity contribution >= 4 is 11.5 Å². The summed E-state index contributed by atoms with van der Waals surface area (Å²) in [6.07, 6.45) is 2.07. The molecule has 20 heavy (non-hydrogen) atoms. The first-order valence-corrected chi connectivity index (χ1v) is 6.72. The van der Waals surface area contributed by atoms with Gasteiger partial charge in [-0.1, -0.05) is 26.8 Å². The van der Waals surface area contributed by atoms with E-state index in [0.717, 1.165) is 11.2 Å². The molecule has 104 valence electrons. The Hall–Kier alpha value is -2.21. The Morgan fingerprint density at radius 1 is 1.35 bits per heavy atom. The van der Waals surface area contributed by atoms with Crippen LogP contribution in [0, 0.1) is 11.8 Å². The first-order chi connectivity index (χ1) is 9.41. The van der Waals surface area contributed by atoms with Gasteiger partial charge in [0.1, 0.15) is 0 Å². The lowest BCUT2D eigenvalue weighted by molar-refractivity contribution is -0.136. The Balaban J connectivity index is 2.44. The summed E-state index contributed by atoms with van der Waals surface area (Å²) < 4.78 is 6.82. The number of fused-ring (bicyclic) bond motifs is 1. The second-order valence-corrected chi connectivity index (χ2v) is 5.66. The molecule has 0 aliphatic heterocycles. The molecule has 2 aromatic rings. The molecule has 0 spiro atoms. The fourth-order valence-electron chi connectivity index (χ4n) is 1.93. The van der Waals surface area contributed by atoms with Gasteiger partial charge in [-0.05, 0) is 42.0 Å². The first kappa shape index (κ1) is 14.2. The first-order valence-electron chi connectivity index (χ1n) is 6.72. The van der Waals surface area contributed by atoms with Crippen molar-refractivity contribution in [3.05, 3.63) is 41.7 Å². The van der Waals surface area contributed by atoms with Crippen molar-refractivity contribution in [2.75, 3.05) is 6.61 Å². The fraction of sp³-hybridized carbons (Fsp3) is 0.353. The van der Waals surface area contributed by atoms with Crippen LogP contribution < -0.4 is 0 Å². The topological polar surface area (TPSA) is 30.7 Å². The van der Waals surface area contributed by atoms with Crippen molar-refractivity contribution in [2.24, 2.45) is 0 Å². The van der Waals surface area contributed by atoms with Gasteiger partial charge >= 0.3 is 5.97 Å². The van der Waals surface area contributed by atoms with Gasteiger partial charge in [-0.2, -0.15) is 0 Å². The summed E-state index contributed by atoms with van der Waals surface area (Å²) in [5, 5.41) is 0. The van der Waals surface area contributed by atoms with Crippen LogP contribution in [0.4, 0.5) is 0 Å². The van der Waals surface area contributed by atoms with E-state index >= 15 is 0 Å². The number of aromatic nitrogens is 1. The minimum absolute atomic E-state index is 0.0812. The van der Waals surface area contributed by atoms with Gasteiger partial charge in [-0.25, -0.2) is 4.79 Å². The lowest BCUT2D eigenvalue weighted by Gasteiger charge is -2.15. The van der Waals surface area contributed by atoms with Crippen LogP contribution in [0.1, 0.15) is 39.0 Å². The van der Waals surface area contributed by atoms with Gasteiger partial charge in [0, 0.05) is 17.6 Å². The van der Waals surface area contributed by atoms with Gasteiger partial charge in [0.15, 0.2) is 0 Å². The highest BCUT2D eigenvalue weighted by molar-refractivity contribution is 5.89. The number of rotatable bonds is 1. The summed E-state index contributed by atoms with van der Waals surface area (Å²) in [4.78, 5) is 11.3. The molecule has 0 N–H and O–H groups in total. The van der Waals surface area contributed by atoms with E-state index in [1.165, 1.54) is 5.56 Å². The van der Waals surface area contributed by atoms with Crippen LogP contribution in [0.3, 0.4) is 0 Å². The van der Waals surface area contributed by atoms with Gasteiger partial charge < -0.3 is 9.14 Å². The summed E-state index contributed by atoms with van der Waals surface area (Å²) in [7, 11) is 0. The minimum Gasteiger partial charge on any atom is -0.456 e. The standard InChI is InChI=1S/C17H19NO2/c1-5-20-16(19)10-9-14-7-6-8-15-11-13(12-18(14)15)17(2,3)4/h6-8,11-12H,5H2,1-4H3. The lowest BCUT2D eigenvalue weighted by Crippen LogP contribution is -2.09. The zero-order valence-electron chi connectivity index (χ0n) is 12.4. The predicted octanol–water partition coefficient (Wildman–Crippen LogP) is 3.15. The second-order valence-electron chi connectivity index (χ2n) is 5.66. The molecule has 0 aromatic carbocycles. The lowest BCUT2D eigenvalue weighted by atomic mass is 9.89. The number of carbonyl (C=O) groups excluding carboxylic acids is 1. The average molecular weight is 269 g/mol. The molecule has 0 radical (unpaired) electrons. The molecule has 0 aliphatic carbocycles. The Labute approximate surface area is 119 Å². The van der Waals surface area contributed by atoms with Crippen molar-refractivity contribution in [1.29, 1.82) is 0 Å². The second kappa shape index (κ2) is 5.42. The highest BCUT2D eigenvalue weighted by atomic mass is 16.5. The molecule has 0 atom stereocenters. The van der Waals surface area contributed by atoms with Gasteiger partial charge in [-0.15, -0.1) is 0 Å². The van der Waals surface area contributed by atoms with E-state index in [0.29, 0.717) is 6.61 Å². The summed E-state index contributed by atoms with van der Waals surface area (Å²) in [6, 6.07) is 8.02. The molecule has 0 bridgehead atoms. The monoisotopic (exact) mass is 269 g/mol. The van der Waals surface area contributed by atoms with Crippen LogP contribution in [0.5, 0.6) is 0 Å². The van der Waals surface area contributed by atoms with Crippen molar-refractivity contribution in [3.63, 3.8) is 0 Å². The molecule has 2 heterocycles. The summed E-state index contributed by atoms with van der Waals surface area (Å²) in [6.45, 7) is 8.63. The number of pyridine rings is 1. The minimum atomic E-state index is -0.493. The largest absolute Gasteiger partial charge is 0.456 e. The Morgan fingerprint density at radius 3 is 2.75 bits per heavy atom. The number of carbonyl (C=O) groups is 1. The molecule has 0 saturated heterocycles. The van der Waals surface area contributed by atoms with Gasteiger partial charge in [0.2, 0.25) is 0 Å². The zero-order chi connectivity index (χ0) is 14.8. The molecule has 2 rings (SSSR count). The van der Waals surface area contributed by atoms with Crippen molar-refractivity contribution in [2.45, 2.75) is 33.1 Å². The van der Waals surface area contributed by atoms with Crippen LogP contribution >= 0.6 is 0 Å². The summed E-state index contributed by atoms with van der Waals surface area (Å²) in [5.41, 5.74) is 3.18. The molecule has 0 aliphatic rings. The van der Waals surface area contributed by atoms with Crippen molar-refractivity contribution in [3.8, 4) is 11.8 Å². The van der Waals surface area contributed by atoms with E-state index < -0.39 is 5.97 Å². The Bertz CT molecular complexity index is 693. The number of esters is 1. The maximum absolute atomic E-state index is 11.3. The highest BCUT2D eigenvalue weighted by Crippen LogP contribution is 2.25. The zero-order valence-corrected chi connectivity index (χ0v) is 12.4. The Kier molecular flexibility index (Phi) is 3.85. The third-order valence-corrected chi connectivity index (χ3v) is 3.06. The number of hydrogen-bond acceptors (Lipinski definition) is 2. The van der Waals surface area contributed by atoms with E-state index in [9.17, 15) is 4.79 Å². The quantitative estimate of drug-likeness (QED) is 0.588. The van der Waals surface area contributed by atoms with Gasteiger partial charge in [-0.3, -0.25) is 0 Å². The fourth-order valence-corrected chi connectivity index (χ4v) is 1.93. The molecule has 3 heteroatoms. The van der Waals surface area contributed by atoms with Crippen LogP contribution in [0.25, 0.3) is 5.52 Å². The number of ether oxygens (including phenoxy) is 1. The normalized spacial score (nSPS) is 11.0. The van der Waals surface area contributed by atoms with Crippen LogP contribution in [-0.4, -0.2) is 17.0 Å². The van der Waals surface area contributed by atoms with E-state index in [1.54, 1.807) is 6.92 Å². The van der Waals surface area contributed by atoms with Crippen LogP contribution in [0.15, 0.2) is 30.5 Å². The van der Waals surface area contributed by atoms with Crippen molar-refractivity contribution in [1.82, 2.24) is 4.40 Å². The van der Waals surface area contributed by atoms with E-state index in [2.05, 4.69) is 44.9 Å². The van der Waals surface area contributed by atoms with Crippen LogP contribution in [0.2, 0.25) is 0 Å². The maximum atomic E-state index is 11.3. The highest BCUT2D eigenvalue weighted by Gasteiger charge is 2.16. The number of hydrogen-bond donors (Lipinski definition) is 0. The van der Waals surface area contributed by atoms with Crippen molar-refractivity contribution < 1.29 is 9.53 Å². The van der Waals surface area contributed by atoms with E-state index in [1.807, 2.05) is 22.6 Å². The third-order valence-electron chi connectivity index (χ3n) is 3.06. The summed E-state index contributed by atoms with van der Waals surface area (Å²) >= 11 is 0. The molecular weight excluding hydrogens is 250 g/mol. The molecule has 0 saturated carbocycles. The third kappa shape index (κ3) is 3.03. The van der Waals surface area contributed by atoms with Gasteiger partial charge in [0.05, 0.1) is 12.3 Å². The molecule has 0 fully saturated rings. The average Bonchev–Trinajstić information content (AvgIpc) is 2.81. The molecular formula is C17H19NO2. The maximum Gasteiger partial charge on any atom is 0.384 e. The van der Waals surface area contributed by atoms with Gasteiger partial charge in [0.25, 0.3) is 0 Å². The molecule has 0 amide bonds. The van der Waals surface area contributed by atoms with E-state index in [4.69, 9.17) is 4.74 Å². The molecule has 0 unspecified atom stereocenters. The summed E-state index contributed by atoms with van der Waals surface area (Å²) in [5.74, 6) is 4.89. The SMILES string of the molecule is CCOC(=O)C#Cc1cccc2cc(C(C)(C)C)cn12. The van der Waals surface area contributed by atoms with E-state index in [-0.39, 0.29) is 5.41 Å². The molecule has 2 aromatic heterocycles. The number of nitrogens with zero attached hydrogens (tertiary/aromatic N) is 1. The van der Waals surface area contributed by atoms with Crippen LogP contribution in [-0.2, 0) is 14.9 Å². The predicted molar refractivity (Wildman–Crippen MR) is 79.6 cm³/mol. The Morgan fingerprint density at radius 2 is 2.10 bits per heavy atom.